The molecule has 2 heterocycles. The standard InChI is InChI=1S/C11H13N7O3/c1-2-4-13-11-14-6-8(18(20)21)10(15-11)17-5-3-7(16-17)9(12)19/h3,5-6H,2,4H2,1H3,(H2,12,19)(H,13,14,15). The van der Waals surface area contributed by atoms with Crippen LogP contribution in [0.3, 0.4) is 0 Å². The Balaban J connectivity index is 2.46. The van der Waals surface area contributed by atoms with Gasteiger partial charge >= 0.3 is 5.69 Å². The predicted molar refractivity (Wildman–Crippen MR) is 73.1 cm³/mol. The summed E-state index contributed by atoms with van der Waals surface area (Å²) in [5, 5.41) is 17.8. The Morgan fingerprint density at radius 2 is 2.33 bits per heavy atom. The number of nitrogens with two attached hydrogens (primary N) is 1. The number of nitro groups is 1. The minimum atomic E-state index is -0.727. The normalized spacial score (nSPS) is 10.3. The number of hydrogen-bond donors (Lipinski definition) is 2. The van der Waals surface area contributed by atoms with Gasteiger partial charge in [0.15, 0.2) is 0 Å². The van der Waals surface area contributed by atoms with Crippen molar-refractivity contribution in [3.8, 4) is 5.82 Å². The smallest absolute Gasteiger partial charge is 0.332 e. The molecule has 10 nitrogen and oxygen atoms in total. The molecule has 0 aliphatic rings. The van der Waals surface area contributed by atoms with E-state index in [1.54, 1.807) is 0 Å². The van der Waals surface area contributed by atoms with E-state index in [0.717, 1.165) is 17.3 Å². The van der Waals surface area contributed by atoms with Gasteiger partial charge in [-0.05, 0) is 12.5 Å². The predicted octanol–water partition coefficient (Wildman–Crippen LogP) is 0.491. The van der Waals surface area contributed by atoms with Gasteiger partial charge in [0.05, 0.1) is 4.92 Å². The number of hydrogen-bond acceptors (Lipinski definition) is 7. The number of carbonyl (C=O) groups is 1. The number of rotatable bonds is 6. The fourth-order valence-corrected chi connectivity index (χ4v) is 1.56. The molecule has 0 atom stereocenters. The maximum Gasteiger partial charge on any atom is 0.332 e. The Morgan fingerprint density at radius 1 is 1.57 bits per heavy atom. The Labute approximate surface area is 119 Å². The number of nitrogens with zero attached hydrogens (tertiary/aromatic N) is 5. The SMILES string of the molecule is CCCNc1ncc([N+](=O)[O-])c(-n2ccc(C(N)=O)n2)n1. The second kappa shape index (κ2) is 5.94. The largest absolute Gasteiger partial charge is 0.364 e. The van der Waals surface area contributed by atoms with E-state index in [9.17, 15) is 14.9 Å². The van der Waals surface area contributed by atoms with Gasteiger partial charge in [-0.3, -0.25) is 14.9 Å². The Morgan fingerprint density at radius 3 is 2.90 bits per heavy atom. The molecule has 0 saturated carbocycles. The zero-order valence-corrected chi connectivity index (χ0v) is 11.2. The third kappa shape index (κ3) is 3.11. The summed E-state index contributed by atoms with van der Waals surface area (Å²) in [4.78, 5) is 29.4. The minimum absolute atomic E-state index is 0.00835. The van der Waals surface area contributed by atoms with Gasteiger partial charge in [-0.15, -0.1) is 0 Å². The molecule has 21 heavy (non-hydrogen) atoms. The Hall–Kier alpha value is -3.04. The summed E-state index contributed by atoms with van der Waals surface area (Å²) in [6.45, 7) is 2.59. The number of amides is 1. The van der Waals surface area contributed by atoms with E-state index in [1.807, 2.05) is 6.92 Å². The van der Waals surface area contributed by atoms with Gasteiger partial charge in [0.2, 0.25) is 11.8 Å². The second-order valence-electron chi connectivity index (χ2n) is 4.10. The molecule has 0 radical (unpaired) electrons. The van der Waals surface area contributed by atoms with Crippen LogP contribution in [-0.2, 0) is 0 Å². The molecule has 0 aliphatic heterocycles. The quantitative estimate of drug-likeness (QED) is 0.582. The highest BCUT2D eigenvalue weighted by atomic mass is 16.6. The highest BCUT2D eigenvalue weighted by Crippen LogP contribution is 2.20. The van der Waals surface area contributed by atoms with Crippen molar-refractivity contribution < 1.29 is 9.72 Å². The molecular weight excluding hydrogens is 278 g/mol. The van der Waals surface area contributed by atoms with Crippen molar-refractivity contribution in [3.63, 3.8) is 0 Å². The van der Waals surface area contributed by atoms with Crippen molar-refractivity contribution in [2.24, 2.45) is 5.73 Å². The van der Waals surface area contributed by atoms with Crippen LogP contribution in [0.4, 0.5) is 11.6 Å². The lowest BCUT2D eigenvalue weighted by atomic mass is 10.4. The van der Waals surface area contributed by atoms with Crippen LogP contribution in [-0.4, -0.2) is 37.1 Å². The molecule has 0 fully saturated rings. The van der Waals surface area contributed by atoms with E-state index in [-0.39, 0.29) is 23.1 Å². The number of nitrogens with one attached hydrogen (secondary N) is 1. The maximum atomic E-state index is 11.0. The highest BCUT2D eigenvalue weighted by Gasteiger charge is 2.20. The molecule has 0 saturated heterocycles. The minimum Gasteiger partial charge on any atom is -0.364 e. The average molecular weight is 291 g/mol. The average Bonchev–Trinajstić information content (AvgIpc) is 2.94. The van der Waals surface area contributed by atoms with Crippen molar-refractivity contribution >= 4 is 17.5 Å². The first kappa shape index (κ1) is 14.4. The van der Waals surface area contributed by atoms with E-state index in [0.29, 0.717) is 6.54 Å². The third-order valence-electron chi connectivity index (χ3n) is 2.54. The van der Waals surface area contributed by atoms with Crippen LogP contribution in [0.15, 0.2) is 18.5 Å². The lowest BCUT2D eigenvalue weighted by Crippen LogP contribution is -2.13. The number of primary amides is 1. The van der Waals surface area contributed by atoms with E-state index in [2.05, 4.69) is 20.4 Å². The van der Waals surface area contributed by atoms with Crippen LogP contribution in [0.5, 0.6) is 0 Å². The van der Waals surface area contributed by atoms with Gasteiger partial charge in [0, 0.05) is 12.7 Å². The van der Waals surface area contributed by atoms with Crippen molar-refractivity contribution in [1.82, 2.24) is 19.7 Å². The van der Waals surface area contributed by atoms with Crippen LogP contribution >= 0.6 is 0 Å². The Kier molecular flexibility index (Phi) is 4.07. The Bertz CT molecular complexity index is 682. The molecule has 0 spiro atoms. The second-order valence-corrected chi connectivity index (χ2v) is 4.10. The van der Waals surface area contributed by atoms with E-state index in [1.165, 1.54) is 12.3 Å². The van der Waals surface area contributed by atoms with Crippen molar-refractivity contribution in [2.45, 2.75) is 13.3 Å². The van der Waals surface area contributed by atoms with Gasteiger partial charge < -0.3 is 11.1 Å². The van der Waals surface area contributed by atoms with Gasteiger partial charge in [0.1, 0.15) is 11.9 Å². The van der Waals surface area contributed by atoms with Gasteiger partial charge in [-0.2, -0.15) is 10.1 Å². The molecule has 1 amide bonds. The zero-order chi connectivity index (χ0) is 15.4. The fraction of sp³-hybridized carbons (Fsp3) is 0.273. The summed E-state index contributed by atoms with van der Waals surface area (Å²) in [6, 6.07) is 1.35. The maximum absolute atomic E-state index is 11.0. The molecule has 0 bridgehead atoms. The zero-order valence-electron chi connectivity index (χ0n) is 11.2. The summed E-state index contributed by atoms with van der Waals surface area (Å²) in [5.41, 5.74) is 4.77. The van der Waals surface area contributed by atoms with Crippen LogP contribution in [0.25, 0.3) is 5.82 Å². The molecule has 2 aromatic heterocycles. The number of anilines is 1. The molecular formula is C11H13N7O3. The first-order chi connectivity index (χ1) is 10.0. The van der Waals surface area contributed by atoms with E-state index >= 15 is 0 Å². The summed E-state index contributed by atoms with van der Waals surface area (Å²) in [6.07, 6.45) is 3.31. The van der Waals surface area contributed by atoms with Crippen LogP contribution < -0.4 is 11.1 Å². The number of aromatic nitrogens is 4. The highest BCUT2D eigenvalue weighted by molar-refractivity contribution is 5.90. The number of carbonyl (C=O) groups excluding carboxylic acids is 1. The van der Waals surface area contributed by atoms with Gasteiger partial charge in [-0.25, -0.2) is 9.67 Å². The molecule has 3 N–H and O–H groups in total. The fourth-order valence-electron chi connectivity index (χ4n) is 1.56. The molecule has 2 rings (SSSR count). The lowest BCUT2D eigenvalue weighted by Gasteiger charge is -2.06. The summed E-state index contributed by atoms with van der Waals surface area (Å²) >= 11 is 0. The molecule has 110 valence electrons. The topological polar surface area (TPSA) is 142 Å². The third-order valence-corrected chi connectivity index (χ3v) is 2.54. The van der Waals surface area contributed by atoms with E-state index in [4.69, 9.17) is 5.73 Å². The molecule has 0 unspecified atom stereocenters. The van der Waals surface area contributed by atoms with Crippen molar-refractivity contribution in [2.75, 3.05) is 11.9 Å². The molecule has 10 heteroatoms. The molecule has 0 aromatic carbocycles. The lowest BCUT2D eigenvalue weighted by molar-refractivity contribution is -0.385. The van der Waals surface area contributed by atoms with Gasteiger partial charge in [0.25, 0.3) is 5.91 Å². The van der Waals surface area contributed by atoms with Crippen molar-refractivity contribution in [3.05, 3.63) is 34.3 Å². The van der Waals surface area contributed by atoms with Crippen molar-refractivity contribution in [1.29, 1.82) is 0 Å². The summed E-state index contributed by atoms with van der Waals surface area (Å²) in [7, 11) is 0. The molecule has 0 aliphatic carbocycles. The van der Waals surface area contributed by atoms with Gasteiger partial charge in [-0.1, -0.05) is 6.92 Å². The van der Waals surface area contributed by atoms with Crippen LogP contribution in [0.1, 0.15) is 23.8 Å². The first-order valence-electron chi connectivity index (χ1n) is 6.14. The first-order valence-corrected chi connectivity index (χ1v) is 6.14. The summed E-state index contributed by atoms with van der Waals surface area (Å²) < 4.78 is 1.12. The monoisotopic (exact) mass is 291 g/mol. The van der Waals surface area contributed by atoms with E-state index < -0.39 is 10.8 Å². The summed E-state index contributed by atoms with van der Waals surface area (Å²) in [5.74, 6) is -0.524. The molecule has 2 aromatic rings. The van der Waals surface area contributed by atoms with Crippen LogP contribution in [0.2, 0.25) is 0 Å². The van der Waals surface area contributed by atoms with Crippen LogP contribution in [0, 0.1) is 10.1 Å².